The maximum absolute atomic E-state index is 12.7. The Morgan fingerprint density at radius 2 is 1.74 bits per heavy atom. The maximum Gasteiger partial charge on any atom is 0.435 e. The minimum absolute atomic E-state index is 0.0878. The summed E-state index contributed by atoms with van der Waals surface area (Å²) in [6, 6.07) is 12.7. The van der Waals surface area contributed by atoms with Crippen molar-refractivity contribution in [3.8, 4) is 5.69 Å². The molecule has 6 nitrogen and oxygen atoms in total. The monoisotopic (exact) mass is 451 g/mol. The topological polar surface area (TPSA) is 73.2 Å². The van der Waals surface area contributed by atoms with Crippen molar-refractivity contribution in [3.63, 3.8) is 0 Å². The highest BCUT2D eigenvalue weighted by molar-refractivity contribution is 6.30. The minimum Gasteiger partial charge on any atom is -0.469 e. The lowest BCUT2D eigenvalue weighted by atomic mass is 10.0. The van der Waals surface area contributed by atoms with Crippen molar-refractivity contribution in [2.45, 2.75) is 18.6 Å². The van der Waals surface area contributed by atoms with E-state index in [1.165, 1.54) is 37.6 Å². The minimum atomic E-state index is -4.54. The van der Waals surface area contributed by atoms with E-state index in [1.54, 1.807) is 24.3 Å². The first-order chi connectivity index (χ1) is 14.7. The van der Waals surface area contributed by atoms with Crippen LogP contribution in [0.25, 0.3) is 5.69 Å². The largest absolute Gasteiger partial charge is 0.469 e. The van der Waals surface area contributed by atoms with Crippen molar-refractivity contribution in [1.29, 1.82) is 0 Å². The number of alkyl halides is 3. The van der Waals surface area contributed by atoms with Gasteiger partial charge in [0, 0.05) is 16.8 Å². The molecule has 10 heteroatoms. The van der Waals surface area contributed by atoms with Crippen molar-refractivity contribution in [2.75, 3.05) is 7.11 Å². The zero-order valence-corrected chi connectivity index (χ0v) is 16.9. The van der Waals surface area contributed by atoms with E-state index in [2.05, 4.69) is 10.4 Å². The molecule has 0 radical (unpaired) electrons. The van der Waals surface area contributed by atoms with E-state index in [1.807, 2.05) is 0 Å². The van der Waals surface area contributed by atoms with E-state index < -0.39 is 29.8 Å². The zero-order chi connectivity index (χ0) is 22.6. The standard InChI is InChI=1S/C21H17ClF3N3O3/c1-31-19(29)12-17(13-2-6-15(22)7-3-13)26-20(30)14-4-8-16(9-5-14)28-11-10-18(27-28)21(23,24)25/h2-11,17H,12H2,1H3,(H,26,30). The third-order valence-electron chi connectivity index (χ3n) is 4.45. The van der Waals surface area contributed by atoms with Crippen molar-refractivity contribution in [2.24, 2.45) is 0 Å². The average Bonchev–Trinajstić information content (AvgIpc) is 3.24. The molecular formula is C21H17ClF3N3O3. The SMILES string of the molecule is COC(=O)CC(NC(=O)c1ccc(-n2ccc(C(F)(F)F)n2)cc1)c1ccc(Cl)cc1. The van der Waals surface area contributed by atoms with Gasteiger partial charge >= 0.3 is 12.1 Å². The molecule has 0 aliphatic carbocycles. The molecule has 3 rings (SSSR count). The van der Waals surface area contributed by atoms with Crippen LogP contribution < -0.4 is 5.32 Å². The first-order valence-corrected chi connectivity index (χ1v) is 9.41. The number of amides is 1. The molecule has 1 N–H and O–H groups in total. The number of benzene rings is 2. The molecule has 31 heavy (non-hydrogen) atoms. The highest BCUT2D eigenvalue weighted by atomic mass is 35.5. The highest BCUT2D eigenvalue weighted by Crippen LogP contribution is 2.28. The number of hydrogen-bond acceptors (Lipinski definition) is 4. The summed E-state index contributed by atoms with van der Waals surface area (Å²) < 4.78 is 43.9. The second kappa shape index (κ2) is 9.22. The van der Waals surface area contributed by atoms with Gasteiger partial charge in [-0.3, -0.25) is 9.59 Å². The van der Waals surface area contributed by atoms with Crippen LogP contribution in [0.5, 0.6) is 0 Å². The molecular weight excluding hydrogens is 435 g/mol. The van der Waals surface area contributed by atoms with Crippen LogP contribution in [-0.4, -0.2) is 28.8 Å². The number of esters is 1. The van der Waals surface area contributed by atoms with Crippen LogP contribution >= 0.6 is 11.6 Å². The Balaban J connectivity index is 1.76. The Labute approximate surface area is 180 Å². The number of carbonyl (C=O) groups excluding carboxylic acids is 2. The number of methoxy groups -OCH3 is 1. The number of carbonyl (C=O) groups is 2. The summed E-state index contributed by atoms with van der Waals surface area (Å²) in [5.74, 6) is -0.971. The van der Waals surface area contributed by atoms with Crippen LogP contribution in [0, 0.1) is 0 Å². The van der Waals surface area contributed by atoms with Gasteiger partial charge in [0.15, 0.2) is 5.69 Å². The second-order valence-electron chi connectivity index (χ2n) is 6.55. The molecule has 0 saturated carbocycles. The van der Waals surface area contributed by atoms with Crippen LogP contribution in [0.4, 0.5) is 13.2 Å². The van der Waals surface area contributed by atoms with Crippen molar-refractivity contribution in [3.05, 3.63) is 82.6 Å². The molecule has 0 fully saturated rings. The van der Waals surface area contributed by atoms with Gasteiger partial charge in [0.05, 0.1) is 25.3 Å². The number of nitrogens with zero attached hydrogens (tertiary/aromatic N) is 2. The summed E-state index contributed by atoms with van der Waals surface area (Å²) in [4.78, 5) is 24.5. The van der Waals surface area contributed by atoms with E-state index in [9.17, 15) is 22.8 Å². The number of ether oxygens (including phenoxy) is 1. The molecule has 1 amide bonds. The zero-order valence-electron chi connectivity index (χ0n) is 16.2. The number of aromatic nitrogens is 2. The van der Waals surface area contributed by atoms with Gasteiger partial charge in [-0.25, -0.2) is 4.68 Å². The van der Waals surface area contributed by atoms with Gasteiger partial charge in [0.1, 0.15) is 0 Å². The lowest BCUT2D eigenvalue weighted by molar-refractivity contribution is -0.142. The molecule has 0 aliphatic heterocycles. The summed E-state index contributed by atoms with van der Waals surface area (Å²) >= 11 is 5.89. The van der Waals surface area contributed by atoms with E-state index in [-0.39, 0.29) is 12.0 Å². The fourth-order valence-electron chi connectivity index (χ4n) is 2.82. The Bertz CT molecular complexity index is 1060. The van der Waals surface area contributed by atoms with Crippen LogP contribution in [0.1, 0.15) is 34.1 Å². The van der Waals surface area contributed by atoms with E-state index >= 15 is 0 Å². The predicted molar refractivity (Wildman–Crippen MR) is 107 cm³/mol. The van der Waals surface area contributed by atoms with E-state index in [4.69, 9.17) is 16.3 Å². The van der Waals surface area contributed by atoms with Crippen molar-refractivity contribution >= 4 is 23.5 Å². The Kier molecular flexibility index (Phi) is 6.65. The van der Waals surface area contributed by atoms with Gasteiger partial charge < -0.3 is 10.1 Å². The summed E-state index contributed by atoms with van der Waals surface area (Å²) in [6.45, 7) is 0. The van der Waals surface area contributed by atoms with Crippen LogP contribution in [0.3, 0.4) is 0 Å². The molecule has 0 spiro atoms. The molecule has 3 aromatic rings. The predicted octanol–water partition coefficient (Wildman–Crippen LogP) is 4.58. The van der Waals surface area contributed by atoms with Gasteiger partial charge in [-0.15, -0.1) is 0 Å². The first-order valence-electron chi connectivity index (χ1n) is 9.04. The quantitative estimate of drug-likeness (QED) is 0.557. The summed E-state index contributed by atoms with van der Waals surface area (Å²) in [7, 11) is 1.25. The van der Waals surface area contributed by atoms with Crippen molar-refractivity contribution in [1.82, 2.24) is 15.1 Å². The van der Waals surface area contributed by atoms with Gasteiger partial charge in [0.25, 0.3) is 5.91 Å². The van der Waals surface area contributed by atoms with Crippen LogP contribution in [0.15, 0.2) is 60.8 Å². The molecule has 1 atom stereocenters. The number of halogens is 4. The summed E-state index contributed by atoms with van der Waals surface area (Å²) in [5, 5.41) is 6.76. The maximum atomic E-state index is 12.7. The lowest BCUT2D eigenvalue weighted by Gasteiger charge is -2.18. The van der Waals surface area contributed by atoms with Crippen molar-refractivity contribution < 1.29 is 27.5 Å². The normalized spacial score (nSPS) is 12.3. The molecule has 0 aliphatic rings. The number of rotatable bonds is 6. The van der Waals surface area contributed by atoms with E-state index in [0.717, 1.165) is 10.7 Å². The molecule has 0 bridgehead atoms. The second-order valence-corrected chi connectivity index (χ2v) is 6.98. The molecule has 162 valence electrons. The summed E-state index contributed by atoms with van der Waals surface area (Å²) in [5.41, 5.74) is 0.269. The van der Waals surface area contributed by atoms with Gasteiger partial charge in [-0.2, -0.15) is 18.3 Å². The fraction of sp³-hybridized carbons (Fsp3) is 0.190. The smallest absolute Gasteiger partial charge is 0.435 e. The number of hydrogen-bond donors (Lipinski definition) is 1. The molecule has 1 aromatic heterocycles. The third kappa shape index (κ3) is 5.64. The highest BCUT2D eigenvalue weighted by Gasteiger charge is 2.33. The first kappa shape index (κ1) is 22.4. The Hall–Kier alpha value is -3.33. The molecule has 1 heterocycles. The summed E-state index contributed by atoms with van der Waals surface area (Å²) in [6.07, 6.45) is -3.44. The molecule has 1 unspecified atom stereocenters. The molecule has 2 aromatic carbocycles. The Morgan fingerprint density at radius 1 is 1.10 bits per heavy atom. The third-order valence-corrected chi connectivity index (χ3v) is 4.70. The van der Waals surface area contributed by atoms with Gasteiger partial charge in [-0.05, 0) is 48.0 Å². The van der Waals surface area contributed by atoms with Gasteiger partial charge in [-0.1, -0.05) is 23.7 Å². The average molecular weight is 452 g/mol. The lowest BCUT2D eigenvalue weighted by Crippen LogP contribution is -2.30. The van der Waals surface area contributed by atoms with E-state index in [0.29, 0.717) is 16.3 Å². The van der Waals surface area contributed by atoms with Crippen LogP contribution in [0.2, 0.25) is 5.02 Å². The Morgan fingerprint density at radius 3 is 2.29 bits per heavy atom. The molecule has 0 saturated heterocycles. The number of nitrogens with one attached hydrogen (secondary N) is 1. The van der Waals surface area contributed by atoms with Gasteiger partial charge in [0.2, 0.25) is 0 Å². The fourth-order valence-corrected chi connectivity index (χ4v) is 2.95. The van der Waals surface area contributed by atoms with Crippen LogP contribution in [-0.2, 0) is 15.7 Å².